The first-order valence-electron chi connectivity index (χ1n) is 11.8. The summed E-state index contributed by atoms with van der Waals surface area (Å²) in [5.74, 6) is 1.50. The van der Waals surface area contributed by atoms with Crippen LogP contribution >= 0.6 is 0 Å². The number of hydrogen-bond acceptors (Lipinski definition) is 9. The van der Waals surface area contributed by atoms with Crippen LogP contribution in [0.15, 0.2) is 36.9 Å². The fourth-order valence-corrected chi connectivity index (χ4v) is 5.23. The number of fused-ring (bicyclic) bond motifs is 1. The van der Waals surface area contributed by atoms with Crippen LogP contribution in [-0.2, 0) is 27.8 Å². The molecule has 0 aromatic carbocycles. The van der Waals surface area contributed by atoms with Crippen LogP contribution in [0.4, 0.5) is 23.3 Å². The number of nitrogens with zero attached hydrogens (tertiary/aromatic N) is 8. The maximum absolute atomic E-state index is 12.5. The zero-order valence-electron chi connectivity index (χ0n) is 20.5. The van der Waals surface area contributed by atoms with Crippen molar-refractivity contribution in [1.29, 1.82) is 0 Å². The Morgan fingerprint density at radius 1 is 1.03 bits per heavy atom. The van der Waals surface area contributed by atoms with Crippen molar-refractivity contribution >= 4 is 39.2 Å². The Kier molecular flexibility index (Phi) is 6.35. The molecule has 0 atom stereocenters. The summed E-state index contributed by atoms with van der Waals surface area (Å²) < 4.78 is 26.8. The molecule has 3 aromatic rings. The highest BCUT2D eigenvalue weighted by Gasteiger charge is 2.30. The molecule has 13 heteroatoms. The highest BCUT2D eigenvalue weighted by Crippen LogP contribution is 2.26. The van der Waals surface area contributed by atoms with Gasteiger partial charge < -0.3 is 19.7 Å². The van der Waals surface area contributed by atoms with Gasteiger partial charge in [-0.2, -0.15) is 9.29 Å². The van der Waals surface area contributed by atoms with Crippen LogP contribution in [-0.4, -0.2) is 75.6 Å². The number of carbonyl (C=O) groups excluding carboxylic acids is 1. The maximum atomic E-state index is 12.5. The molecule has 2 aliphatic rings. The Labute approximate surface area is 210 Å². The van der Waals surface area contributed by atoms with Crippen LogP contribution < -0.4 is 15.1 Å². The SMILES string of the molecule is CC(C)n1cnc2c1CN(c1ccnc(Nc3ccc(N4CCN(S(C)(=O)=O)CC4=O)cn3)n1)CC2. The topological polar surface area (TPSA) is 129 Å². The predicted octanol–water partition coefficient (Wildman–Crippen LogP) is 1.56. The van der Waals surface area contributed by atoms with Crippen molar-refractivity contribution in [2.24, 2.45) is 0 Å². The van der Waals surface area contributed by atoms with Gasteiger partial charge in [-0.05, 0) is 32.0 Å². The van der Waals surface area contributed by atoms with E-state index < -0.39 is 10.0 Å². The van der Waals surface area contributed by atoms with Crippen molar-refractivity contribution in [2.45, 2.75) is 32.9 Å². The van der Waals surface area contributed by atoms with Gasteiger partial charge in [0.05, 0.1) is 48.9 Å². The lowest BCUT2D eigenvalue weighted by atomic mass is 10.1. The van der Waals surface area contributed by atoms with Crippen molar-refractivity contribution in [2.75, 3.05) is 47.6 Å². The molecule has 1 saturated heterocycles. The Balaban J connectivity index is 1.26. The third-order valence-electron chi connectivity index (χ3n) is 6.42. The summed E-state index contributed by atoms with van der Waals surface area (Å²) in [5.41, 5.74) is 2.97. The fourth-order valence-electron chi connectivity index (χ4n) is 4.48. The lowest BCUT2D eigenvalue weighted by Gasteiger charge is -2.32. The average molecular weight is 512 g/mol. The van der Waals surface area contributed by atoms with Crippen LogP contribution in [0.5, 0.6) is 0 Å². The molecule has 5 rings (SSSR count). The van der Waals surface area contributed by atoms with Gasteiger partial charge in [0, 0.05) is 38.3 Å². The van der Waals surface area contributed by atoms with Crippen molar-refractivity contribution in [3.63, 3.8) is 0 Å². The number of piperazine rings is 1. The summed E-state index contributed by atoms with van der Waals surface area (Å²) in [5, 5.41) is 3.13. The monoisotopic (exact) mass is 511 g/mol. The Morgan fingerprint density at radius 3 is 2.56 bits per heavy atom. The molecule has 0 unspecified atom stereocenters. The second-order valence-electron chi connectivity index (χ2n) is 9.22. The number of imidazole rings is 1. The molecule has 3 aromatic heterocycles. The average Bonchev–Trinajstić information content (AvgIpc) is 3.28. The molecule has 0 radical (unpaired) electrons. The van der Waals surface area contributed by atoms with E-state index in [-0.39, 0.29) is 25.5 Å². The molecule has 190 valence electrons. The van der Waals surface area contributed by atoms with Crippen LogP contribution in [0.25, 0.3) is 0 Å². The number of amides is 1. The molecule has 0 spiro atoms. The van der Waals surface area contributed by atoms with E-state index in [0.29, 0.717) is 23.5 Å². The lowest BCUT2D eigenvalue weighted by molar-refractivity contribution is -0.119. The third-order valence-corrected chi connectivity index (χ3v) is 7.67. The van der Waals surface area contributed by atoms with Gasteiger partial charge >= 0.3 is 0 Å². The minimum absolute atomic E-state index is 0.171. The number of carbonyl (C=O) groups is 1. The zero-order valence-corrected chi connectivity index (χ0v) is 21.3. The predicted molar refractivity (Wildman–Crippen MR) is 136 cm³/mol. The molecule has 0 bridgehead atoms. The smallest absolute Gasteiger partial charge is 0.242 e. The fraction of sp³-hybridized carbons (Fsp3) is 0.435. The molecular weight excluding hydrogens is 482 g/mol. The van der Waals surface area contributed by atoms with Gasteiger partial charge in [-0.3, -0.25) is 4.79 Å². The quantitative estimate of drug-likeness (QED) is 0.524. The van der Waals surface area contributed by atoms with E-state index in [9.17, 15) is 13.2 Å². The third kappa shape index (κ3) is 4.88. The van der Waals surface area contributed by atoms with Crippen LogP contribution in [0.3, 0.4) is 0 Å². The number of hydrogen-bond donors (Lipinski definition) is 1. The van der Waals surface area contributed by atoms with E-state index in [2.05, 4.69) is 48.6 Å². The van der Waals surface area contributed by atoms with E-state index in [1.165, 1.54) is 10.00 Å². The Morgan fingerprint density at radius 2 is 1.86 bits per heavy atom. The highest BCUT2D eigenvalue weighted by molar-refractivity contribution is 7.88. The summed E-state index contributed by atoms with van der Waals surface area (Å²) in [7, 11) is -3.40. The number of rotatable bonds is 6. The summed E-state index contributed by atoms with van der Waals surface area (Å²) in [6.07, 6.45) is 7.19. The standard InChI is InChI=1S/C23H29N9O3S/c1-16(2)32-15-26-18-7-9-29(13-19(18)32)21-6-8-24-23(28-21)27-20-5-4-17(12-25-20)31-11-10-30(14-22(31)33)36(3,34)35/h4-6,8,12,15-16H,7,9-11,13-14H2,1-3H3,(H,24,25,27,28). The molecule has 36 heavy (non-hydrogen) atoms. The molecule has 1 fully saturated rings. The summed E-state index contributed by atoms with van der Waals surface area (Å²) in [6.45, 7) is 6.22. The van der Waals surface area contributed by atoms with E-state index in [4.69, 9.17) is 0 Å². The minimum Gasteiger partial charge on any atom is -0.350 e. The first-order chi connectivity index (χ1) is 17.2. The van der Waals surface area contributed by atoms with E-state index in [1.54, 1.807) is 29.4 Å². The molecule has 0 aliphatic carbocycles. The highest BCUT2D eigenvalue weighted by atomic mass is 32.2. The van der Waals surface area contributed by atoms with E-state index in [0.717, 1.165) is 37.3 Å². The number of aromatic nitrogens is 5. The first-order valence-corrected chi connectivity index (χ1v) is 13.6. The van der Waals surface area contributed by atoms with Gasteiger partial charge in [0.15, 0.2) is 0 Å². The minimum atomic E-state index is -3.40. The second-order valence-corrected chi connectivity index (χ2v) is 11.2. The normalized spacial score (nSPS) is 16.9. The van der Waals surface area contributed by atoms with Crippen LogP contribution in [0.2, 0.25) is 0 Å². The summed E-state index contributed by atoms with van der Waals surface area (Å²) in [6, 6.07) is 5.75. The molecule has 2 aliphatic heterocycles. The molecule has 1 amide bonds. The van der Waals surface area contributed by atoms with Crippen molar-refractivity contribution < 1.29 is 13.2 Å². The van der Waals surface area contributed by atoms with Gasteiger partial charge in [0.2, 0.25) is 21.9 Å². The van der Waals surface area contributed by atoms with Crippen LogP contribution in [0, 0.1) is 0 Å². The number of pyridine rings is 1. The Hall–Kier alpha value is -3.58. The molecule has 0 saturated carbocycles. The maximum Gasteiger partial charge on any atom is 0.242 e. The second kappa shape index (κ2) is 9.47. The summed E-state index contributed by atoms with van der Waals surface area (Å²) in [4.78, 5) is 34.2. The van der Waals surface area contributed by atoms with Crippen LogP contribution in [0.1, 0.15) is 31.3 Å². The van der Waals surface area contributed by atoms with Gasteiger partial charge in [-0.1, -0.05) is 0 Å². The number of anilines is 4. The van der Waals surface area contributed by atoms with E-state index >= 15 is 0 Å². The van der Waals surface area contributed by atoms with Crippen molar-refractivity contribution in [3.8, 4) is 0 Å². The van der Waals surface area contributed by atoms with Gasteiger partial charge in [-0.25, -0.2) is 23.4 Å². The van der Waals surface area contributed by atoms with Gasteiger partial charge in [0.25, 0.3) is 0 Å². The number of nitrogens with one attached hydrogen (secondary N) is 1. The molecule has 5 heterocycles. The lowest BCUT2D eigenvalue weighted by Crippen LogP contribution is -2.52. The van der Waals surface area contributed by atoms with Gasteiger partial charge in [0.1, 0.15) is 11.6 Å². The van der Waals surface area contributed by atoms with Crippen molar-refractivity contribution in [3.05, 3.63) is 48.3 Å². The van der Waals surface area contributed by atoms with Crippen molar-refractivity contribution in [1.82, 2.24) is 28.8 Å². The summed E-state index contributed by atoms with van der Waals surface area (Å²) >= 11 is 0. The first kappa shape index (κ1) is 24.1. The Bertz CT molecular complexity index is 1370. The zero-order chi connectivity index (χ0) is 25.4. The number of sulfonamides is 1. The molecule has 12 nitrogen and oxygen atoms in total. The molecule has 1 N–H and O–H groups in total. The largest absolute Gasteiger partial charge is 0.350 e. The molecular formula is C23H29N9O3S. The van der Waals surface area contributed by atoms with E-state index in [1.807, 2.05) is 12.4 Å². The van der Waals surface area contributed by atoms with Gasteiger partial charge in [-0.15, -0.1) is 0 Å².